The summed E-state index contributed by atoms with van der Waals surface area (Å²) in [6, 6.07) is 2.53. The first-order valence-corrected chi connectivity index (χ1v) is 7.62. The van der Waals surface area contributed by atoms with Gasteiger partial charge in [0.25, 0.3) is 0 Å². The van der Waals surface area contributed by atoms with Gasteiger partial charge in [-0.25, -0.2) is 0 Å². The molecule has 1 aromatic rings. The van der Waals surface area contributed by atoms with Crippen molar-refractivity contribution in [1.82, 2.24) is 15.5 Å². The summed E-state index contributed by atoms with van der Waals surface area (Å²) in [6.45, 7) is 4.09. The van der Waals surface area contributed by atoms with Gasteiger partial charge in [-0.15, -0.1) is 10.2 Å². The second-order valence-electron chi connectivity index (χ2n) is 4.39. The predicted octanol–water partition coefficient (Wildman–Crippen LogP) is 1.98. The molecule has 1 atom stereocenters. The fraction of sp³-hybridized carbons (Fsp3) is 0.727. The highest BCUT2D eigenvalue weighted by Crippen LogP contribution is 2.27. The second kappa shape index (κ2) is 7.56. The van der Waals surface area contributed by atoms with Crippen molar-refractivity contribution in [3.8, 4) is 6.07 Å². The molecule has 1 aromatic heterocycles. The van der Waals surface area contributed by atoms with E-state index in [1.165, 1.54) is 0 Å². The number of rotatable bonds is 7. The van der Waals surface area contributed by atoms with Crippen molar-refractivity contribution in [2.75, 3.05) is 24.7 Å². The summed E-state index contributed by atoms with van der Waals surface area (Å²) in [4.78, 5) is 1.94. The summed E-state index contributed by atoms with van der Waals surface area (Å²) < 4.78 is 0.958. The van der Waals surface area contributed by atoms with Crippen LogP contribution in [0.15, 0.2) is 4.34 Å². The van der Waals surface area contributed by atoms with E-state index in [0.29, 0.717) is 6.04 Å². The lowest BCUT2D eigenvalue weighted by molar-refractivity contribution is 0.522. The lowest BCUT2D eigenvalue weighted by Crippen LogP contribution is -2.33. The molecule has 0 spiro atoms. The SMILES string of the molecule is CC(C)NC(C#N)CCSc1nnc(N(C)C)s1. The molecule has 0 radical (unpaired) electrons. The maximum Gasteiger partial charge on any atom is 0.208 e. The minimum Gasteiger partial charge on any atom is -0.353 e. The van der Waals surface area contributed by atoms with E-state index in [0.717, 1.165) is 21.6 Å². The molecule has 0 aromatic carbocycles. The van der Waals surface area contributed by atoms with Crippen molar-refractivity contribution in [3.05, 3.63) is 0 Å². The molecule has 7 heteroatoms. The van der Waals surface area contributed by atoms with Gasteiger partial charge >= 0.3 is 0 Å². The Morgan fingerprint density at radius 1 is 1.44 bits per heavy atom. The van der Waals surface area contributed by atoms with E-state index in [1.54, 1.807) is 23.1 Å². The molecule has 0 aliphatic rings. The number of nitriles is 1. The van der Waals surface area contributed by atoms with Crippen molar-refractivity contribution in [3.63, 3.8) is 0 Å². The third-order valence-corrected chi connectivity index (χ3v) is 4.36. The maximum absolute atomic E-state index is 9.00. The van der Waals surface area contributed by atoms with Gasteiger partial charge in [0.05, 0.1) is 12.1 Å². The Labute approximate surface area is 117 Å². The van der Waals surface area contributed by atoms with Crippen LogP contribution in [-0.2, 0) is 0 Å². The first-order valence-electron chi connectivity index (χ1n) is 5.82. The van der Waals surface area contributed by atoms with Crippen LogP contribution in [0.3, 0.4) is 0 Å². The van der Waals surface area contributed by atoms with E-state index >= 15 is 0 Å². The summed E-state index contributed by atoms with van der Waals surface area (Å²) in [6.07, 6.45) is 0.816. The average molecular weight is 285 g/mol. The molecule has 18 heavy (non-hydrogen) atoms. The standard InChI is InChI=1S/C11H19N5S2/c1-8(2)13-9(7-12)5-6-17-11-15-14-10(18-11)16(3)4/h8-9,13H,5-6H2,1-4H3. The van der Waals surface area contributed by atoms with Gasteiger partial charge in [-0.3, -0.25) is 5.32 Å². The highest BCUT2D eigenvalue weighted by molar-refractivity contribution is 8.01. The van der Waals surface area contributed by atoms with Crippen LogP contribution in [0.4, 0.5) is 5.13 Å². The maximum atomic E-state index is 9.00. The monoisotopic (exact) mass is 285 g/mol. The van der Waals surface area contributed by atoms with E-state index in [-0.39, 0.29) is 6.04 Å². The third kappa shape index (κ3) is 5.21. The highest BCUT2D eigenvalue weighted by atomic mass is 32.2. The van der Waals surface area contributed by atoms with Gasteiger partial charge in [0, 0.05) is 25.9 Å². The van der Waals surface area contributed by atoms with Gasteiger partial charge in [0.2, 0.25) is 5.13 Å². The summed E-state index contributed by atoms with van der Waals surface area (Å²) >= 11 is 3.23. The Bertz CT molecular complexity index is 396. The fourth-order valence-electron chi connectivity index (χ4n) is 1.29. The smallest absolute Gasteiger partial charge is 0.208 e. The van der Waals surface area contributed by atoms with Crippen LogP contribution >= 0.6 is 23.1 Å². The molecule has 1 unspecified atom stereocenters. The molecule has 0 aliphatic carbocycles. The van der Waals surface area contributed by atoms with Crippen molar-refractivity contribution in [2.24, 2.45) is 0 Å². The number of hydrogen-bond donors (Lipinski definition) is 1. The van der Waals surface area contributed by atoms with Crippen LogP contribution in [0.5, 0.6) is 0 Å². The Morgan fingerprint density at radius 3 is 2.67 bits per heavy atom. The Hall–Kier alpha value is -0.840. The molecule has 0 fully saturated rings. The minimum absolute atomic E-state index is 0.0845. The fourth-order valence-corrected chi connectivity index (χ4v) is 3.13. The van der Waals surface area contributed by atoms with E-state index in [1.807, 2.05) is 32.8 Å². The molecule has 0 bridgehead atoms. The van der Waals surface area contributed by atoms with Gasteiger partial charge in [-0.05, 0) is 20.3 Å². The highest BCUT2D eigenvalue weighted by Gasteiger charge is 2.10. The normalized spacial score (nSPS) is 12.4. The van der Waals surface area contributed by atoms with E-state index in [9.17, 15) is 0 Å². The zero-order valence-electron chi connectivity index (χ0n) is 11.2. The van der Waals surface area contributed by atoms with Crippen molar-refractivity contribution < 1.29 is 0 Å². The van der Waals surface area contributed by atoms with Crippen LogP contribution in [0.1, 0.15) is 20.3 Å². The zero-order chi connectivity index (χ0) is 13.5. The van der Waals surface area contributed by atoms with Crippen LogP contribution in [0, 0.1) is 11.3 Å². The first kappa shape index (κ1) is 15.2. The summed E-state index contributed by atoms with van der Waals surface area (Å²) in [5.74, 6) is 0.875. The molecule has 0 aliphatic heterocycles. The van der Waals surface area contributed by atoms with Crippen LogP contribution in [0.2, 0.25) is 0 Å². The average Bonchev–Trinajstić information content (AvgIpc) is 2.76. The van der Waals surface area contributed by atoms with Crippen molar-refractivity contribution in [1.29, 1.82) is 5.26 Å². The van der Waals surface area contributed by atoms with Gasteiger partial charge in [0.1, 0.15) is 0 Å². The molecule has 100 valence electrons. The summed E-state index contributed by atoms with van der Waals surface area (Å²) in [7, 11) is 3.90. The molecular formula is C11H19N5S2. The molecule has 0 amide bonds. The van der Waals surface area contributed by atoms with Gasteiger partial charge < -0.3 is 4.90 Å². The Balaban J connectivity index is 2.34. The van der Waals surface area contributed by atoms with Crippen molar-refractivity contribution in [2.45, 2.75) is 36.7 Å². The van der Waals surface area contributed by atoms with Gasteiger partial charge in [-0.1, -0.05) is 23.1 Å². The minimum atomic E-state index is -0.0845. The number of thioether (sulfide) groups is 1. The zero-order valence-corrected chi connectivity index (χ0v) is 12.8. The molecule has 1 rings (SSSR count). The molecular weight excluding hydrogens is 266 g/mol. The summed E-state index contributed by atoms with van der Waals surface area (Å²) in [5.41, 5.74) is 0. The Morgan fingerprint density at radius 2 is 2.17 bits per heavy atom. The third-order valence-electron chi connectivity index (χ3n) is 2.10. The van der Waals surface area contributed by atoms with Crippen LogP contribution < -0.4 is 10.2 Å². The molecule has 1 heterocycles. The van der Waals surface area contributed by atoms with E-state index < -0.39 is 0 Å². The summed E-state index contributed by atoms with van der Waals surface area (Å²) in [5, 5.41) is 21.3. The van der Waals surface area contributed by atoms with E-state index in [4.69, 9.17) is 5.26 Å². The van der Waals surface area contributed by atoms with Gasteiger partial charge in [0.15, 0.2) is 4.34 Å². The van der Waals surface area contributed by atoms with E-state index in [2.05, 4.69) is 21.6 Å². The number of nitrogens with zero attached hydrogens (tertiary/aromatic N) is 4. The number of anilines is 1. The number of hydrogen-bond acceptors (Lipinski definition) is 7. The first-order chi connectivity index (χ1) is 8.52. The van der Waals surface area contributed by atoms with Crippen molar-refractivity contribution >= 4 is 28.2 Å². The van der Waals surface area contributed by atoms with Crippen LogP contribution in [0.25, 0.3) is 0 Å². The molecule has 0 saturated heterocycles. The molecule has 5 nitrogen and oxygen atoms in total. The molecule has 1 N–H and O–H groups in total. The largest absolute Gasteiger partial charge is 0.353 e. The lowest BCUT2D eigenvalue weighted by atomic mass is 10.2. The van der Waals surface area contributed by atoms with Gasteiger partial charge in [-0.2, -0.15) is 5.26 Å². The number of aromatic nitrogens is 2. The Kier molecular flexibility index (Phi) is 6.39. The van der Waals surface area contributed by atoms with Crippen LogP contribution in [-0.4, -0.2) is 42.1 Å². The lowest BCUT2D eigenvalue weighted by Gasteiger charge is -2.13. The second-order valence-corrected chi connectivity index (χ2v) is 6.68. The predicted molar refractivity (Wildman–Crippen MR) is 77.2 cm³/mol. The molecule has 0 saturated carbocycles. The quantitative estimate of drug-likeness (QED) is 0.773. The topological polar surface area (TPSA) is 64.8 Å². The number of nitrogens with one attached hydrogen (secondary N) is 1.